The SMILES string of the molecule is COc1ccc(C(=O)N(C[C@H]2CCCO2)[C@H]2CCS(=O)(=O)C2)cc1S(=O)(=O)N(C)C. The van der Waals surface area contributed by atoms with E-state index in [4.69, 9.17) is 9.47 Å². The van der Waals surface area contributed by atoms with Gasteiger partial charge in [0.2, 0.25) is 10.0 Å². The van der Waals surface area contributed by atoms with E-state index in [1.807, 2.05) is 0 Å². The van der Waals surface area contributed by atoms with Crippen LogP contribution in [0.25, 0.3) is 0 Å². The molecule has 11 heteroatoms. The largest absolute Gasteiger partial charge is 0.495 e. The number of methoxy groups -OCH3 is 1. The lowest BCUT2D eigenvalue weighted by Crippen LogP contribution is -2.45. The van der Waals surface area contributed by atoms with Crippen LogP contribution >= 0.6 is 0 Å². The summed E-state index contributed by atoms with van der Waals surface area (Å²) >= 11 is 0. The first kappa shape index (κ1) is 23.0. The van der Waals surface area contributed by atoms with Crippen LogP contribution < -0.4 is 4.74 Å². The first-order valence-electron chi connectivity index (χ1n) is 9.79. The van der Waals surface area contributed by atoms with Crippen LogP contribution in [0.2, 0.25) is 0 Å². The lowest BCUT2D eigenvalue weighted by Gasteiger charge is -2.31. The zero-order chi connectivity index (χ0) is 22.1. The molecule has 2 fully saturated rings. The van der Waals surface area contributed by atoms with Crippen LogP contribution in [0, 0.1) is 0 Å². The van der Waals surface area contributed by atoms with E-state index in [1.165, 1.54) is 44.3 Å². The van der Waals surface area contributed by atoms with E-state index in [-0.39, 0.29) is 40.4 Å². The molecular formula is C19H28N2O7S2. The fourth-order valence-corrected chi connectivity index (χ4v) is 6.61. The third-order valence-corrected chi connectivity index (χ3v) is 9.09. The lowest BCUT2D eigenvalue weighted by atomic mass is 10.1. The second kappa shape index (κ2) is 8.81. The standard InChI is InChI=1S/C19H28N2O7S2/c1-20(2)30(25,26)18-11-14(6-7-17(18)27-3)19(22)21(12-16-5-4-9-28-16)15-8-10-29(23,24)13-15/h6-7,11,15-16H,4-5,8-10,12-13H2,1-3H3/t15-,16+/m0/s1. The van der Waals surface area contributed by atoms with Crippen LogP contribution in [-0.2, 0) is 24.6 Å². The summed E-state index contributed by atoms with van der Waals surface area (Å²) in [6, 6.07) is 3.78. The number of sulfonamides is 1. The van der Waals surface area contributed by atoms with Gasteiger partial charge >= 0.3 is 0 Å². The number of carbonyl (C=O) groups excluding carboxylic acids is 1. The second-order valence-electron chi connectivity index (χ2n) is 7.80. The number of nitrogens with zero attached hydrogens (tertiary/aromatic N) is 2. The zero-order valence-electron chi connectivity index (χ0n) is 17.4. The summed E-state index contributed by atoms with van der Waals surface area (Å²) in [5, 5.41) is 0. The van der Waals surface area contributed by atoms with Crippen molar-refractivity contribution in [3.8, 4) is 5.75 Å². The number of carbonyl (C=O) groups is 1. The van der Waals surface area contributed by atoms with E-state index in [0.717, 1.165) is 17.1 Å². The van der Waals surface area contributed by atoms with Crippen molar-refractivity contribution in [3.05, 3.63) is 23.8 Å². The zero-order valence-corrected chi connectivity index (χ0v) is 19.0. The minimum absolute atomic E-state index is 0.0375. The molecule has 2 saturated heterocycles. The van der Waals surface area contributed by atoms with Gasteiger partial charge in [-0.2, -0.15) is 0 Å². The summed E-state index contributed by atoms with van der Waals surface area (Å²) in [7, 11) is -2.89. The Morgan fingerprint density at radius 2 is 2.00 bits per heavy atom. The number of ether oxygens (including phenoxy) is 2. The molecule has 0 unspecified atom stereocenters. The molecule has 0 saturated carbocycles. The Bertz CT molecular complexity index is 1000. The monoisotopic (exact) mass is 460 g/mol. The van der Waals surface area contributed by atoms with Crippen molar-refractivity contribution in [1.82, 2.24) is 9.21 Å². The molecule has 2 aliphatic heterocycles. The maximum absolute atomic E-state index is 13.4. The molecule has 2 heterocycles. The highest BCUT2D eigenvalue weighted by atomic mass is 32.2. The highest BCUT2D eigenvalue weighted by Crippen LogP contribution is 2.29. The Hall–Kier alpha value is -1.69. The van der Waals surface area contributed by atoms with Gasteiger partial charge in [0.25, 0.3) is 5.91 Å². The number of rotatable bonds is 7. The average Bonchev–Trinajstić information content (AvgIpc) is 3.33. The first-order chi connectivity index (χ1) is 14.0. The molecule has 0 aromatic heterocycles. The Morgan fingerprint density at radius 1 is 1.27 bits per heavy atom. The molecule has 168 valence electrons. The van der Waals surface area contributed by atoms with Crippen molar-refractivity contribution in [2.24, 2.45) is 0 Å². The van der Waals surface area contributed by atoms with E-state index < -0.39 is 31.8 Å². The summed E-state index contributed by atoms with van der Waals surface area (Å²) in [5.74, 6) is -0.333. The number of hydrogen-bond acceptors (Lipinski definition) is 7. The normalized spacial score (nSPS) is 23.6. The summed E-state index contributed by atoms with van der Waals surface area (Å²) in [6.45, 7) is 0.893. The van der Waals surface area contributed by atoms with Crippen LogP contribution in [-0.4, -0.2) is 90.0 Å². The number of sulfone groups is 1. The predicted molar refractivity (Wildman–Crippen MR) is 111 cm³/mol. The van der Waals surface area contributed by atoms with Crippen LogP contribution in [0.1, 0.15) is 29.6 Å². The summed E-state index contributed by atoms with van der Waals surface area (Å²) in [4.78, 5) is 14.8. The molecule has 9 nitrogen and oxygen atoms in total. The van der Waals surface area contributed by atoms with Crippen LogP contribution in [0.15, 0.2) is 23.1 Å². The first-order valence-corrected chi connectivity index (χ1v) is 13.0. The van der Waals surface area contributed by atoms with Gasteiger partial charge in [0.15, 0.2) is 9.84 Å². The topological polar surface area (TPSA) is 110 Å². The Labute approximate surface area is 177 Å². The van der Waals surface area contributed by atoms with Gasteiger partial charge in [-0.3, -0.25) is 4.79 Å². The smallest absolute Gasteiger partial charge is 0.254 e. The molecule has 2 atom stereocenters. The van der Waals surface area contributed by atoms with Crippen molar-refractivity contribution in [2.45, 2.75) is 36.3 Å². The van der Waals surface area contributed by atoms with Gasteiger partial charge in [-0.05, 0) is 37.5 Å². The Balaban J connectivity index is 1.97. The molecule has 0 spiro atoms. The van der Waals surface area contributed by atoms with Crippen molar-refractivity contribution < 1.29 is 31.1 Å². The van der Waals surface area contributed by atoms with Crippen LogP contribution in [0.3, 0.4) is 0 Å². The average molecular weight is 461 g/mol. The molecule has 3 rings (SSSR count). The van der Waals surface area contributed by atoms with E-state index >= 15 is 0 Å². The van der Waals surface area contributed by atoms with Crippen LogP contribution in [0.4, 0.5) is 0 Å². The number of hydrogen-bond donors (Lipinski definition) is 0. The Kier molecular flexibility index (Phi) is 6.75. The molecule has 1 aromatic carbocycles. The van der Waals surface area contributed by atoms with E-state index in [0.29, 0.717) is 13.0 Å². The molecule has 1 amide bonds. The highest BCUT2D eigenvalue weighted by Gasteiger charge is 2.37. The van der Waals surface area contributed by atoms with E-state index in [9.17, 15) is 21.6 Å². The number of benzene rings is 1. The van der Waals surface area contributed by atoms with Gasteiger partial charge in [-0.1, -0.05) is 0 Å². The van der Waals surface area contributed by atoms with Gasteiger partial charge in [-0.15, -0.1) is 0 Å². The summed E-state index contributed by atoms with van der Waals surface area (Å²) in [6.07, 6.45) is 1.90. The maximum atomic E-state index is 13.4. The van der Waals surface area contributed by atoms with Crippen molar-refractivity contribution in [2.75, 3.05) is 45.9 Å². The van der Waals surface area contributed by atoms with Gasteiger partial charge in [0.05, 0.1) is 24.7 Å². The van der Waals surface area contributed by atoms with Crippen molar-refractivity contribution in [3.63, 3.8) is 0 Å². The van der Waals surface area contributed by atoms with Gasteiger partial charge < -0.3 is 14.4 Å². The molecule has 0 N–H and O–H groups in total. The minimum Gasteiger partial charge on any atom is -0.495 e. The molecular weight excluding hydrogens is 432 g/mol. The fourth-order valence-electron chi connectivity index (χ4n) is 3.80. The third-order valence-electron chi connectivity index (χ3n) is 5.50. The summed E-state index contributed by atoms with van der Waals surface area (Å²) < 4.78 is 61.3. The molecule has 2 aliphatic rings. The Morgan fingerprint density at radius 3 is 2.53 bits per heavy atom. The fraction of sp³-hybridized carbons (Fsp3) is 0.632. The van der Waals surface area contributed by atoms with Gasteiger partial charge in [0.1, 0.15) is 10.6 Å². The molecule has 0 bridgehead atoms. The van der Waals surface area contributed by atoms with Crippen molar-refractivity contribution >= 4 is 25.8 Å². The predicted octanol–water partition coefficient (Wildman–Crippen LogP) is 0.754. The summed E-state index contributed by atoms with van der Waals surface area (Å²) in [5.41, 5.74) is 0.165. The molecule has 0 aliphatic carbocycles. The third kappa shape index (κ3) is 4.79. The van der Waals surface area contributed by atoms with Crippen LogP contribution in [0.5, 0.6) is 5.75 Å². The molecule has 30 heavy (non-hydrogen) atoms. The van der Waals surface area contributed by atoms with E-state index in [2.05, 4.69) is 0 Å². The molecule has 0 radical (unpaired) electrons. The quantitative estimate of drug-likeness (QED) is 0.591. The van der Waals surface area contributed by atoms with Gasteiger partial charge in [0, 0.05) is 38.9 Å². The van der Waals surface area contributed by atoms with Crippen molar-refractivity contribution in [1.29, 1.82) is 0 Å². The molecule has 1 aromatic rings. The highest BCUT2D eigenvalue weighted by molar-refractivity contribution is 7.91. The number of amides is 1. The van der Waals surface area contributed by atoms with E-state index in [1.54, 1.807) is 0 Å². The lowest BCUT2D eigenvalue weighted by molar-refractivity contribution is 0.0441. The minimum atomic E-state index is -3.84. The van der Waals surface area contributed by atoms with Gasteiger partial charge in [-0.25, -0.2) is 21.1 Å². The second-order valence-corrected chi connectivity index (χ2v) is 12.2. The maximum Gasteiger partial charge on any atom is 0.254 e.